The predicted octanol–water partition coefficient (Wildman–Crippen LogP) is 2.77. The lowest BCUT2D eigenvalue weighted by Crippen LogP contribution is -2.28. The number of para-hydroxylation sites is 1. The first-order valence-electron chi connectivity index (χ1n) is 6.00. The van der Waals surface area contributed by atoms with E-state index in [0.29, 0.717) is 4.68 Å². The number of rotatable bonds is 4. The number of benzene rings is 1. The molecule has 1 aromatic heterocycles. The number of nitrogens with one attached hydrogen (secondary N) is 1. The van der Waals surface area contributed by atoms with Crippen LogP contribution in [-0.4, -0.2) is 27.4 Å². The first-order valence-corrected chi connectivity index (χ1v) is 6.38. The fourth-order valence-electron chi connectivity index (χ4n) is 1.70. The van der Waals surface area contributed by atoms with Crippen LogP contribution in [-0.2, 0) is 6.18 Å². The molecule has 2 rings (SSSR count). The van der Waals surface area contributed by atoms with Crippen LogP contribution in [0.25, 0.3) is 5.69 Å². The van der Waals surface area contributed by atoms with Crippen molar-refractivity contribution in [2.75, 3.05) is 6.54 Å². The number of halogens is 4. The zero-order valence-electron chi connectivity index (χ0n) is 11.1. The molecule has 0 saturated carbocycles. The monoisotopic (exact) mass is 330 g/mol. The summed E-state index contributed by atoms with van der Waals surface area (Å²) in [5.41, 5.74) is -1.94. The van der Waals surface area contributed by atoms with Crippen molar-refractivity contribution in [2.45, 2.75) is 6.18 Å². The second kappa shape index (κ2) is 6.18. The van der Waals surface area contributed by atoms with Crippen molar-refractivity contribution in [1.82, 2.24) is 20.3 Å². The molecule has 1 heterocycles. The number of alkyl halides is 3. The van der Waals surface area contributed by atoms with E-state index < -0.39 is 23.5 Å². The second-order valence-electron chi connectivity index (χ2n) is 4.23. The fourth-order valence-corrected chi connectivity index (χ4v) is 1.77. The summed E-state index contributed by atoms with van der Waals surface area (Å²) in [6.07, 6.45) is -4.80. The van der Waals surface area contributed by atoms with E-state index in [1.54, 1.807) is 18.2 Å². The number of carbonyl (C=O) groups excluding carboxylic acids is 1. The van der Waals surface area contributed by atoms with Gasteiger partial charge in [-0.25, -0.2) is 4.68 Å². The lowest BCUT2D eigenvalue weighted by Gasteiger charge is -2.11. The van der Waals surface area contributed by atoms with Gasteiger partial charge in [-0.15, -0.1) is 5.10 Å². The Kier molecular flexibility index (Phi) is 4.51. The molecular formula is C13H10ClF3N4O. The molecule has 5 nitrogen and oxygen atoms in total. The Labute approximate surface area is 128 Å². The summed E-state index contributed by atoms with van der Waals surface area (Å²) < 4.78 is 40.4. The van der Waals surface area contributed by atoms with Crippen LogP contribution < -0.4 is 5.32 Å². The van der Waals surface area contributed by atoms with E-state index >= 15 is 0 Å². The largest absolute Gasteiger partial charge is 0.435 e. The highest BCUT2D eigenvalue weighted by Gasteiger charge is 2.41. The molecule has 1 amide bonds. The molecule has 2 aromatic rings. The van der Waals surface area contributed by atoms with Crippen LogP contribution in [0.3, 0.4) is 0 Å². The standard InChI is InChI=1S/C13H10ClF3N4O/c1-8(14)7-18-12(22)10-11(13(15,16)17)21(20-19-10)9-5-3-2-4-6-9/h2-6H,1,7H2,(H,18,22). The first-order chi connectivity index (χ1) is 10.3. The van der Waals surface area contributed by atoms with Crippen molar-refractivity contribution < 1.29 is 18.0 Å². The summed E-state index contributed by atoms with van der Waals surface area (Å²) in [6.45, 7) is 3.16. The first kappa shape index (κ1) is 16.0. The van der Waals surface area contributed by atoms with E-state index in [2.05, 4.69) is 22.2 Å². The highest BCUT2D eigenvalue weighted by molar-refractivity contribution is 6.29. The minimum Gasteiger partial charge on any atom is -0.346 e. The molecule has 1 N–H and O–H groups in total. The minimum absolute atomic E-state index is 0.0809. The van der Waals surface area contributed by atoms with Crippen molar-refractivity contribution in [3.63, 3.8) is 0 Å². The molecule has 0 aliphatic rings. The van der Waals surface area contributed by atoms with E-state index in [9.17, 15) is 18.0 Å². The average molecular weight is 331 g/mol. The maximum absolute atomic E-state index is 13.3. The number of hydrogen-bond donors (Lipinski definition) is 1. The summed E-state index contributed by atoms with van der Waals surface area (Å²) in [4.78, 5) is 11.8. The van der Waals surface area contributed by atoms with Gasteiger partial charge in [0.25, 0.3) is 5.91 Å². The van der Waals surface area contributed by atoms with Crippen LogP contribution in [0.15, 0.2) is 41.9 Å². The van der Waals surface area contributed by atoms with Gasteiger partial charge >= 0.3 is 6.18 Å². The van der Waals surface area contributed by atoms with Crippen LogP contribution >= 0.6 is 11.6 Å². The molecule has 0 atom stereocenters. The Morgan fingerprint density at radius 3 is 2.50 bits per heavy atom. The average Bonchev–Trinajstić information content (AvgIpc) is 2.90. The van der Waals surface area contributed by atoms with Gasteiger partial charge in [-0.1, -0.05) is 41.6 Å². The zero-order valence-corrected chi connectivity index (χ0v) is 11.8. The molecule has 0 bridgehead atoms. The van der Waals surface area contributed by atoms with Crippen LogP contribution in [0.1, 0.15) is 16.2 Å². The quantitative estimate of drug-likeness (QED) is 0.937. The molecular weight excluding hydrogens is 321 g/mol. The molecule has 1 aromatic carbocycles. The molecule has 0 aliphatic carbocycles. The van der Waals surface area contributed by atoms with Gasteiger partial charge in [0.05, 0.1) is 12.2 Å². The second-order valence-corrected chi connectivity index (χ2v) is 4.77. The van der Waals surface area contributed by atoms with Crippen LogP contribution in [0.2, 0.25) is 0 Å². The molecule has 0 unspecified atom stereocenters. The number of nitrogens with zero attached hydrogens (tertiary/aromatic N) is 3. The van der Waals surface area contributed by atoms with Crippen molar-refractivity contribution in [3.05, 3.63) is 53.3 Å². The summed E-state index contributed by atoms with van der Waals surface area (Å²) in [6, 6.07) is 7.59. The Morgan fingerprint density at radius 1 is 1.32 bits per heavy atom. The van der Waals surface area contributed by atoms with Gasteiger partial charge in [0.15, 0.2) is 11.4 Å². The van der Waals surface area contributed by atoms with Gasteiger partial charge in [-0.2, -0.15) is 13.2 Å². The maximum atomic E-state index is 13.3. The van der Waals surface area contributed by atoms with Crippen LogP contribution in [0, 0.1) is 0 Å². The van der Waals surface area contributed by atoms with Crippen molar-refractivity contribution in [3.8, 4) is 5.69 Å². The van der Waals surface area contributed by atoms with Gasteiger partial charge in [0, 0.05) is 5.03 Å². The Balaban J connectivity index is 2.46. The van der Waals surface area contributed by atoms with Gasteiger partial charge < -0.3 is 5.32 Å². The minimum atomic E-state index is -4.80. The third-order valence-corrected chi connectivity index (χ3v) is 2.73. The van der Waals surface area contributed by atoms with Crippen molar-refractivity contribution >= 4 is 17.5 Å². The van der Waals surface area contributed by atoms with E-state index in [0.717, 1.165) is 0 Å². The molecule has 9 heteroatoms. The Morgan fingerprint density at radius 2 is 1.95 bits per heavy atom. The lowest BCUT2D eigenvalue weighted by atomic mass is 10.2. The smallest absolute Gasteiger partial charge is 0.346 e. The van der Waals surface area contributed by atoms with E-state index in [1.165, 1.54) is 12.1 Å². The van der Waals surface area contributed by atoms with E-state index in [1.807, 2.05) is 0 Å². The van der Waals surface area contributed by atoms with Crippen LogP contribution in [0.5, 0.6) is 0 Å². The van der Waals surface area contributed by atoms with Crippen LogP contribution in [0.4, 0.5) is 13.2 Å². The summed E-state index contributed by atoms with van der Waals surface area (Å²) in [5.74, 6) is -1.03. The van der Waals surface area contributed by atoms with Crippen molar-refractivity contribution in [1.29, 1.82) is 0 Å². The summed E-state index contributed by atoms with van der Waals surface area (Å²) in [5, 5.41) is 9.05. The molecule has 0 radical (unpaired) electrons. The van der Waals surface area contributed by atoms with Crippen molar-refractivity contribution in [2.24, 2.45) is 0 Å². The summed E-state index contributed by atoms with van der Waals surface area (Å²) in [7, 11) is 0. The number of hydrogen-bond acceptors (Lipinski definition) is 3. The van der Waals surface area contributed by atoms with Gasteiger partial charge in [-0.05, 0) is 12.1 Å². The molecule has 0 saturated heterocycles. The Bertz CT molecular complexity index is 697. The van der Waals surface area contributed by atoms with E-state index in [-0.39, 0.29) is 17.3 Å². The molecule has 22 heavy (non-hydrogen) atoms. The lowest BCUT2D eigenvalue weighted by molar-refractivity contribution is -0.143. The zero-order chi connectivity index (χ0) is 16.3. The number of amides is 1. The SMILES string of the molecule is C=C(Cl)CNC(=O)c1nnn(-c2ccccc2)c1C(F)(F)F. The maximum Gasteiger partial charge on any atom is 0.435 e. The van der Waals surface area contributed by atoms with Gasteiger partial charge in [0.2, 0.25) is 0 Å². The third-order valence-electron chi connectivity index (χ3n) is 2.60. The Hall–Kier alpha value is -2.35. The molecule has 0 fully saturated rings. The highest BCUT2D eigenvalue weighted by atomic mass is 35.5. The summed E-state index contributed by atoms with van der Waals surface area (Å²) >= 11 is 5.47. The van der Waals surface area contributed by atoms with Gasteiger partial charge in [-0.3, -0.25) is 4.79 Å². The fraction of sp³-hybridized carbons (Fsp3) is 0.154. The molecule has 116 valence electrons. The third kappa shape index (κ3) is 3.45. The molecule has 0 spiro atoms. The topological polar surface area (TPSA) is 59.8 Å². The normalized spacial score (nSPS) is 11.3. The highest BCUT2D eigenvalue weighted by Crippen LogP contribution is 2.32. The number of aromatic nitrogens is 3. The van der Waals surface area contributed by atoms with Gasteiger partial charge in [0.1, 0.15) is 0 Å². The number of carbonyl (C=O) groups is 1. The van der Waals surface area contributed by atoms with E-state index in [4.69, 9.17) is 11.6 Å². The predicted molar refractivity (Wildman–Crippen MR) is 73.7 cm³/mol. The molecule has 0 aliphatic heterocycles.